The van der Waals surface area contributed by atoms with Gasteiger partial charge in [-0.25, -0.2) is 0 Å². The molecule has 0 aromatic heterocycles. The summed E-state index contributed by atoms with van der Waals surface area (Å²) >= 11 is 0. The first-order valence-electron chi connectivity index (χ1n) is 9.69. The molecule has 0 aliphatic heterocycles. The van der Waals surface area contributed by atoms with E-state index in [0.717, 1.165) is 6.42 Å². The van der Waals surface area contributed by atoms with Crippen LogP contribution in [0.4, 0.5) is 0 Å². The van der Waals surface area contributed by atoms with Crippen molar-refractivity contribution in [1.29, 1.82) is 0 Å². The van der Waals surface area contributed by atoms with Gasteiger partial charge in [0.1, 0.15) is 0 Å². The summed E-state index contributed by atoms with van der Waals surface area (Å²) in [7, 11) is 0. The zero-order valence-corrected chi connectivity index (χ0v) is 15.3. The van der Waals surface area contributed by atoms with Crippen molar-refractivity contribution >= 4 is 16.3 Å². The van der Waals surface area contributed by atoms with Crippen LogP contribution in [0.5, 0.6) is 0 Å². The van der Waals surface area contributed by atoms with Gasteiger partial charge in [-0.15, -0.1) is 0 Å². The molecule has 0 radical (unpaired) electrons. The number of hydrogen-bond acceptors (Lipinski definition) is 0. The Labute approximate surface area is 160 Å². The van der Waals surface area contributed by atoms with E-state index in [1.807, 2.05) is 0 Å². The van der Waals surface area contributed by atoms with Crippen molar-refractivity contribution in [3.05, 3.63) is 126 Å². The Morgan fingerprint density at radius 3 is 2.07 bits per heavy atom. The summed E-state index contributed by atoms with van der Waals surface area (Å²) in [4.78, 5) is 0. The number of allylic oxidation sites excluding steroid dienone is 2. The molecule has 4 aromatic carbocycles. The van der Waals surface area contributed by atoms with Crippen LogP contribution in [-0.4, -0.2) is 0 Å². The highest BCUT2D eigenvalue weighted by atomic mass is 14.3. The molecule has 0 heterocycles. The van der Waals surface area contributed by atoms with Gasteiger partial charge in [-0.2, -0.15) is 0 Å². The molecule has 1 aliphatic carbocycles. The van der Waals surface area contributed by atoms with E-state index in [1.165, 1.54) is 33.0 Å². The van der Waals surface area contributed by atoms with Crippen LogP contribution in [0.1, 0.15) is 34.9 Å². The largest absolute Gasteiger partial charge is 0.0725 e. The standard InChI is InChI=1S/C27H22/c1-3-10-20(11-4-1)23-18-26(22-12-5-2-6-13-22)27(19-23)25-17-9-15-21-14-7-8-16-24(21)25/h1-17,19,26-27H,18H2/t26-,27-/m0/s1. The first-order chi connectivity index (χ1) is 13.4. The lowest BCUT2D eigenvalue weighted by Crippen LogP contribution is -2.05. The quantitative estimate of drug-likeness (QED) is 0.368. The van der Waals surface area contributed by atoms with Crippen molar-refractivity contribution in [3.63, 3.8) is 0 Å². The Morgan fingerprint density at radius 1 is 0.593 bits per heavy atom. The Kier molecular flexibility index (Phi) is 4.10. The third-order valence-corrected chi connectivity index (χ3v) is 5.81. The topological polar surface area (TPSA) is 0 Å². The van der Waals surface area contributed by atoms with Crippen molar-refractivity contribution in [2.24, 2.45) is 0 Å². The van der Waals surface area contributed by atoms with Gasteiger partial charge in [0.2, 0.25) is 0 Å². The molecule has 2 atom stereocenters. The van der Waals surface area contributed by atoms with E-state index in [4.69, 9.17) is 0 Å². The molecule has 0 saturated heterocycles. The molecule has 0 heteroatoms. The number of fused-ring (bicyclic) bond motifs is 1. The minimum absolute atomic E-state index is 0.397. The first-order valence-corrected chi connectivity index (χ1v) is 9.69. The van der Waals surface area contributed by atoms with Crippen molar-refractivity contribution in [1.82, 2.24) is 0 Å². The molecule has 0 bridgehead atoms. The summed E-state index contributed by atoms with van der Waals surface area (Å²) in [5.41, 5.74) is 5.68. The zero-order valence-electron chi connectivity index (χ0n) is 15.3. The molecular formula is C27H22. The lowest BCUT2D eigenvalue weighted by Gasteiger charge is -2.22. The fourth-order valence-corrected chi connectivity index (χ4v) is 4.50. The number of benzene rings is 4. The highest BCUT2D eigenvalue weighted by Gasteiger charge is 2.31. The summed E-state index contributed by atoms with van der Waals surface area (Å²) < 4.78 is 0. The van der Waals surface area contributed by atoms with Gasteiger partial charge >= 0.3 is 0 Å². The molecule has 27 heavy (non-hydrogen) atoms. The van der Waals surface area contributed by atoms with Gasteiger partial charge in [-0.1, -0.05) is 109 Å². The molecule has 5 rings (SSSR count). The molecule has 0 spiro atoms. The van der Waals surface area contributed by atoms with Gasteiger partial charge in [0.15, 0.2) is 0 Å². The third-order valence-electron chi connectivity index (χ3n) is 5.81. The maximum atomic E-state index is 2.51. The lowest BCUT2D eigenvalue weighted by atomic mass is 9.82. The molecule has 0 amide bonds. The highest BCUT2D eigenvalue weighted by Crippen LogP contribution is 2.49. The van der Waals surface area contributed by atoms with Crippen molar-refractivity contribution < 1.29 is 0 Å². The van der Waals surface area contributed by atoms with Crippen LogP contribution in [0, 0.1) is 0 Å². The Balaban J connectivity index is 1.66. The van der Waals surface area contributed by atoms with Gasteiger partial charge < -0.3 is 0 Å². The number of rotatable bonds is 3. The summed E-state index contributed by atoms with van der Waals surface area (Å²) in [6, 6.07) is 37.3. The normalized spacial score (nSPS) is 19.2. The summed E-state index contributed by atoms with van der Waals surface area (Å²) in [5.74, 6) is 0.876. The molecule has 4 aromatic rings. The fraction of sp³-hybridized carbons (Fsp3) is 0.111. The average molecular weight is 346 g/mol. The Morgan fingerprint density at radius 2 is 1.26 bits per heavy atom. The molecule has 130 valence electrons. The Bertz CT molecular complexity index is 1090. The van der Waals surface area contributed by atoms with E-state index in [9.17, 15) is 0 Å². The van der Waals surface area contributed by atoms with Crippen LogP contribution in [0.2, 0.25) is 0 Å². The van der Waals surface area contributed by atoms with Crippen LogP contribution >= 0.6 is 0 Å². The monoisotopic (exact) mass is 346 g/mol. The maximum Gasteiger partial charge on any atom is 0.0102 e. The Hall–Kier alpha value is -3.12. The first kappa shape index (κ1) is 16.1. The van der Waals surface area contributed by atoms with Gasteiger partial charge in [-0.05, 0) is 45.4 Å². The van der Waals surface area contributed by atoms with E-state index in [1.54, 1.807) is 0 Å². The fourth-order valence-electron chi connectivity index (χ4n) is 4.50. The van der Waals surface area contributed by atoms with Crippen LogP contribution in [0.3, 0.4) is 0 Å². The minimum atomic E-state index is 0.397. The van der Waals surface area contributed by atoms with E-state index in [0.29, 0.717) is 11.8 Å². The predicted molar refractivity (Wildman–Crippen MR) is 115 cm³/mol. The second-order valence-electron chi connectivity index (χ2n) is 7.37. The molecular weight excluding hydrogens is 324 g/mol. The molecule has 0 N–H and O–H groups in total. The second kappa shape index (κ2) is 6.89. The molecule has 0 saturated carbocycles. The minimum Gasteiger partial charge on any atom is -0.0725 e. The van der Waals surface area contributed by atoms with Crippen molar-refractivity contribution in [2.75, 3.05) is 0 Å². The lowest BCUT2D eigenvalue weighted by molar-refractivity contribution is 0.672. The van der Waals surface area contributed by atoms with E-state index in [2.05, 4.69) is 109 Å². The predicted octanol–water partition coefficient (Wildman–Crippen LogP) is 7.19. The molecule has 0 fully saturated rings. The summed E-state index contributed by atoms with van der Waals surface area (Å²) in [5, 5.41) is 2.69. The van der Waals surface area contributed by atoms with Crippen LogP contribution in [-0.2, 0) is 0 Å². The van der Waals surface area contributed by atoms with E-state index < -0.39 is 0 Å². The summed E-state index contributed by atoms with van der Waals surface area (Å²) in [6.45, 7) is 0. The SMILES string of the molecule is C1=C(c2ccccc2)C[C@@H](c2ccccc2)[C@@H]1c1cccc2ccccc12. The van der Waals surface area contributed by atoms with Gasteiger partial charge in [-0.3, -0.25) is 0 Å². The van der Waals surface area contributed by atoms with Crippen molar-refractivity contribution in [2.45, 2.75) is 18.3 Å². The van der Waals surface area contributed by atoms with Crippen LogP contribution in [0.15, 0.2) is 109 Å². The van der Waals surface area contributed by atoms with E-state index >= 15 is 0 Å². The molecule has 1 aliphatic rings. The smallest absolute Gasteiger partial charge is 0.0102 e. The van der Waals surface area contributed by atoms with Gasteiger partial charge in [0, 0.05) is 5.92 Å². The zero-order chi connectivity index (χ0) is 18.1. The average Bonchev–Trinajstić information content (AvgIpc) is 3.20. The molecule has 0 nitrogen and oxygen atoms in total. The van der Waals surface area contributed by atoms with Gasteiger partial charge in [0.05, 0.1) is 0 Å². The van der Waals surface area contributed by atoms with Crippen molar-refractivity contribution in [3.8, 4) is 0 Å². The van der Waals surface area contributed by atoms with Gasteiger partial charge in [0.25, 0.3) is 0 Å². The summed E-state index contributed by atoms with van der Waals surface area (Å²) in [6.07, 6.45) is 3.59. The third kappa shape index (κ3) is 2.98. The molecule has 0 unspecified atom stereocenters. The maximum absolute atomic E-state index is 2.51. The van der Waals surface area contributed by atoms with E-state index in [-0.39, 0.29) is 0 Å². The number of hydrogen-bond donors (Lipinski definition) is 0. The van der Waals surface area contributed by atoms with Crippen LogP contribution in [0.25, 0.3) is 16.3 Å². The second-order valence-corrected chi connectivity index (χ2v) is 7.37. The van der Waals surface area contributed by atoms with Crippen LogP contribution < -0.4 is 0 Å². The highest BCUT2D eigenvalue weighted by molar-refractivity contribution is 5.87.